The zero-order valence-corrected chi connectivity index (χ0v) is 17.3. The largest absolute Gasteiger partial charge is 0.462 e. The lowest BCUT2D eigenvalue weighted by molar-refractivity contribution is -0.116. The van der Waals surface area contributed by atoms with E-state index in [-0.39, 0.29) is 23.2 Å². The Morgan fingerprint density at radius 2 is 1.97 bits per heavy atom. The Morgan fingerprint density at radius 3 is 2.63 bits per heavy atom. The number of ether oxygens (including phenoxy) is 1. The van der Waals surface area contributed by atoms with Crippen molar-refractivity contribution in [1.82, 2.24) is 14.1 Å². The summed E-state index contributed by atoms with van der Waals surface area (Å²) in [5.41, 5.74) is -0.644. The van der Waals surface area contributed by atoms with Gasteiger partial charge in [-0.25, -0.2) is 14.6 Å². The number of nitrogens with zero attached hydrogens (tertiary/aromatic N) is 3. The Hall–Kier alpha value is -3.46. The van der Waals surface area contributed by atoms with Crippen LogP contribution in [0.15, 0.2) is 39.9 Å². The fraction of sp³-hybridized carbons (Fsp3) is 0.250. The van der Waals surface area contributed by atoms with Crippen molar-refractivity contribution in [3.05, 3.63) is 67.4 Å². The number of amides is 1. The lowest BCUT2D eigenvalue weighted by atomic mass is 10.1. The number of hydrogen-bond acceptors (Lipinski definition) is 6. The van der Waals surface area contributed by atoms with Crippen molar-refractivity contribution < 1.29 is 14.3 Å². The van der Waals surface area contributed by atoms with Crippen molar-refractivity contribution in [1.29, 1.82) is 0 Å². The molecule has 1 aromatic carbocycles. The maximum atomic E-state index is 13.1. The topological polar surface area (TPSA) is 112 Å². The zero-order valence-electron chi connectivity index (χ0n) is 16.6. The van der Waals surface area contributed by atoms with Gasteiger partial charge in [0.15, 0.2) is 0 Å². The Kier molecular flexibility index (Phi) is 6.02. The van der Waals surface area contributed by atoms with E-state index in [0.29, 0.717) is 16.4 Å². The maximum Gasteiger partial charge on any atom is 0.339 e. The number of benzene rings is 1. The summed E-state index contributed by atoms with van der Waals surface area (Å²) in [5, 5.41) is 2.92. The molecule has 0 atom stereocenters. The number of aromatic nitrogens is 3. The molecule has 30 heavy (non-hydrogen) atoms. The number of carbonyl (C=O) groups is 2. The van der Waals surface area contributed by atoms with Gasteiger partial charge in [0.2, 0.25) is 5.91 Å². The summed E-state index contributed by atoms with van der Waals surface area (Å²) in [4.78, 5) is 54.9. The van der Waals surface area contributed by atoms with E-state index in [4.69, 9.17) is 16.3 Å². The molecule has 0 spiro atoms. The summed E-state index contributed by atoms with van der Waals surface area (Å²) in [7, 11) is 1.41. The van der Waals surface area contributed by atoms with Gasteiger partial charge in [-0.2, -0.15) is 0 Å². The zero-order chi connectivity index (χ0) is 22.0. The third-order valence-electron chi connectivity index (χ3n) is 4.33. The standard InChI is InChI=1S/C20H19ClN4O5/c1-4-30-19(28)14-8-11(2)22-17-16(14)18(27)25(20(29)24(17)3)10-15(26)23-13-7-5-6-12(21)9-13/h5-9H,4,10H2,1-3H3,(H,23,26). The molecule has 1 N–H and O–H groups in total. The third kappa shape index (κ3) is 4.11. The van der Waals surface area contributed by atoms with Crippen LogP contribution in [0.3, 0.4) is 0 Å². The van der Waals surface area contributed by atoms with E-state index in [9.17, 15) is 19.2 Å². The molecule has 9 nitrogen and oxygen atoms in total. The monoisotopic (exact) mass is 430 g/mol. The first kappa shape index (κ1) is 21.3. The number of anilines is 1. The Balaban J connectivity index is 2.11. The van der Waals surface area contributed by atoms with Gasteiger partial charge in [0.1, 0.15) is 12.2 Å². The highest BCUT2D eigenvalue weighted by molar-refractivity contribution is 6.30. The van der Waals surface area contributed by atoms with Crippen LogP contribution in [0.1, 0.15) is 23.0 Å². The van der Waals surface area contributed by atoms with Crippen LogP contribution >= 0.6 is 11.6 Å². The van der Waals surface area contributed by atoms with Gasteiger partial charge in [-0.15, -0.1) is 0 Å². The second kappa shape index (κ2) is 8.50. The van der Waals surface area contributed by atoms with Crippen molar-refractivity contribution >= 4 is 40.2 Å². The summed E-state index contributed by atoms with van der Waals surface area (Å²) in [5.74, 6) is -1.31. The highest BCUT2D eigenvalue weighted by Gasteiger charge is 2.22. The number of nitrogens with one attached hydrogen (secondary N) is 1. The van der Waals surface area contributed by atoms with Crippen LogP contribution in [0.5, 0.6) is 0 Å². The van der Waals surface area contributed by atoms with Gasteiger partial charge >= 0.3 is 11.7 Å². The van der Waals surface area contributed by atoms with Crippen LogP contribution in [0.2, 0.25) is 5.02 Å². The minimum atomic E-state index is -0.801. The number of pyridine rings is 1. The van der Waals surface area contributed by atoms with Gasteiger partial charge in [0.05, 0.1) is 17.6 Å². The lowest BCUT2D eigenvalue weighted by Gasteiger charge is -2.13. The number of carbonyl (C=O) groups excluding carboxylic acids is 2. The first-order valence-electron chi connectivity index (χ1n) is 9.06. The summed E-state index contributed by atoms with van der Waals surface area (Å²) >= 11 is 5.90. The van der Waals surface area contributed by atoms with Crippen molar-refractivity contribution in [2.45, 2.75) is 20.4 Å². The molecule has 0 saturated carbocycles. The second-order valence-electron chi connectivity index (χ2n) is 6.52. The molecule has 0 fully saturated rings. The summed E-state index contributed by atoms with van der Waals surface area (Å²) < 4.78 is 6.91. The van der Waals surface area contributed by atoms with E-state index in [2.05, 4.69) is 10.3 Å². The van der Waals surface area contributed by atoms with Gasteiger partial charge < -0.3 is 10.1 Å². The predicted molar refractivity (Wildman–Crippen MR) is 112 cm³/mol. The van der Waals surface area contributed by atoms with Gasteiger partial charge in [0.25, 0.3) is 5.56 Å². The second-order valence-corrected chi connectivity index (χ2v) is 6.96. The lowest BCUT2D eigenvalue weighted by Crippen LogP contribution is -2.42. The molecule has 0 aliphatic heterocycles. The molecular formula is C20H19ClN4O5. The van der Waals surface area contributed by atoms with E-state index in [1.165, 1.54) is 19.2 Å². The van der Waals surface area contributed by atoms with Gasteiger partial charge in [-0.3, -0.25) is 18.7 Å². The molecule has 2 heterocycles. The molecule has 0 aliphatic rings. The number of fused-ring (bicyclic) bond motifs is 1. The van der Waals surface area contributed by atoms with E-state index in [1.54, 1.807) is 32.0 Å². The highest BCUT2D eigenvalue weighted by atomic mass is 35.5. The highest BCUT2D eigenvalue weighted by Crippen LogP contribution is 2.16. The number of halogens is 1. The Labute approximate surface area is 175 Å². The SMILES string of the molecule is CCOC(=O)c1cc(C)nc2c1c(=O)n(CC(=O)Nc1cccc(Cl)c1)c(=O)n2C. The number of rotatable bonds is 5. The fourth-order valence-electron chi connectivity index (χ4n) is 3.02. The van der Waals surface area contributed by atoms with Crippen LogP contribution in [0, 0.1) is 6.92 Å². The maximum absolute atomic E-state index is 13.1. The average Bonchev–Trinajstić information content (AvgIpc) is 2.69. The minimum absolute atomic E-state index is 0.0102. The minimum Gasteiger partial charge on any atom is -0.462 e. The molecule has 0 bridgehead atoms. The third-order valence-corrected chi connectivity index (χ3v) is 4.56. The first-order chi connectivity index (χ1) is 14.2. The molecule has 3 aromatic rings. The van der Waals surface area contributed by atoms with Crippen LogP contribution in [0.25, 0.3) is 11.0 Å². The number of aryl methyl sites for hydroxylation is 2. The molecule has 3 rings (SSSR count). The molecule has 0 radical (unpaired) electrons. The van der Waals surface area contributed by atoms with Crippen LogP contribution in [0.4, 0.5) is 5.69 Å². The molecule has 0 aliphatic carbocycles. The van der Waals surface area contributed by atoms with Crippen LogP contribution < -0.4 is 16.6 Å². The molecule has 156 valence electrons. The van der Waals surface area contributed by atoms with E-state index in [1.807, 2.05) is 0 Å². The molecule has 10 heteroatoms. The summed E-state index contributed by atoms with van der Waals surface area (Å²) in [6.45, 7) is 2.84. The quantitative estimate of drug-likeness (QED) is 0.618. The van der Waals surface area contributed by atoms with Crippen molar-refractivity contribution in [3.8, 4) is 0 Å². The fourth-order valence-corrected chi connectivity index (χ4v) is 3.21. The van der Waals surface area contributed by atoms with E-state index < -0.39 is 29.7 Å². The van der Waals surface area contributed by atoms with E-state index in [0.717, 1.165) is 9.13 Å². The van der Waals surface area contributed by atoms with Crippen LogP contribution in [-0.4, -0.2) is 32.6 Å². The van der Waals surface area contributed by atoms with Crippen molar-refractivity contribution in [2.75, 3.05) is 11.9 Å². The van der Waals surface area contributed by atoms with Crippen LogP contribution in [-0.2, 0) is 23.1 Å². The Morgan fingerprint density at radius 1 is 1.23 bits per heavy atom. The summed E-state index contributed by atoms with van der Waals surface area (Å²) in [6.07, 6.45) is 0. The van der Waals surface area contributed by atoms with Gasteiger partial charge in [-0.1, -0.05) is 17.7 Å². The molecule has 0 unspecified atom stereocenters. The van der Waals surface area contributed by atoms with Gasteiger partial charge in [-0.05, 0) is 38.1 Å². The van der Waals surface area contributed by atoms with E-state index >= 15 is 0 Å². The predicted octanol–water partition coefficient (Wildman–Crippen LogP) is 1.87. The molecule has 2 aromatic heterocycles. The van der Waals surface area contributed by atoms with Crippen molar-refractivity contribution in [2.24, 2.45) is 7.05 Å². The Bertz CT molecular complexity index is 1280. The molecular weight excluding hydrogens is 412 g/mol. The average molecular weight is 431 g/mol. The number of esters is 1. The first-order valence-corrected chi connectivity index (χ1v) is 9.44. The summed E-state index contributed by atoms with van der Waals surface area (Å²) in [6, 6.07) is 7.87. The molecule has 0 saturated heterocycles. The molecule has 1 amide bonds. The normalized spacial score (nSPS) is 10.8. The van der Waals surface area contributed by atoms with Crippen molar-refractivity contribution in [3.63, 3.8) is 0 Å². The number of hydrogen-bond donors (Lipinski definition) is 1. The van der Waals surface area contributed by atoms with Gasteiger partial charge in [0, 0.05) is 23.5 Å². The smallest absolute Gasteiger partial charge is 0.339 e.